The summed E-state index contributed by atoms with van der Waals surface area (Å²) in [6.45, 7) is -0.165. The van der Waals surface area contributed by atoms with Gasteiger partial charge < -0.3 is 14.6 Å². The molecule has 0 fully saturated rings. The van der Waals surface area contributed by atoms with Gasteiger partial charge in [0, 0.05) is 42.1 Å². The summed E-state index contributed by atoms with van der Waals surface area (Å²) in [7, 11) is 0. The molecule has 0 saturated carbocycles. The Hall–Kier alpha value is -4.96. The first-order valence-corrected chi connectivity index (χ1v) is 11.5. The minimum Gasteiger partial charge on any atom is -0.375 e. The molecule has 0 atom stereocenters. The molecule has 2 aromatic carbocycles. The van der Waals surface area contributed by atoms with E-state index in [-0.39, 0.29) is 23.9 Å². The molecule has 0 aliphatic carbocycles. The summed E-state index contributed by atoms with van der Waals surface area (Å²) in [5.74, 6) is -0.0500. The molecule has 0 bridgehead atoms. The van der Waals surface area contributed by atoms with Crippen molar-refractivity contribution in [1.82, 2.24) is 19.1 Å². The van der Waals surface area contributed by atoms with Gasteiger partial charge >= 0.3 is 12.1 Å². The molecule has 184 valence electrons. The van der Waals surface area contributed by atoms with E-state index in [1.165, 1.54) is 22.9 Å². The zero-order valence-electron chi connectivity index (χ0n) is 19.2. The van der Waals surface area contributed by atoms with Gasteiger partial charge in [-0.15, -0.1) is 0 Å². The van der Waals surface area contributed by atoms with E-state index in [1.807, 2.05) is 0 Å². The number of hydrogen-bond acceptors (Lipinski definition) is 6. The molecular weight excluding hydrogens is 496 g/mol. The zero-order valence-corrected chi connectivity index (χ0v) is 19.9. The molecular formula is C26H19ClN6O4. The Morgan fingerprint density at radius 3 is 2.41 bits per heavy atom. The Morgan fingerprint density at radius 1 is 0.919 bits per heavy atom. The Balaban J connectivity index is 1.30. The first kappa shape index (κ1) is 23.8. The number of hydrogen-bond donors (Lipinski definition) is 2. The number of nitrogens with zero attached hydrogens (tertiary/aromatic N) is 4. The maximum absolute atomic E-state index is 12.7. The molecule has 0 aliphatic heterocycles. The number of para-hydroxylation sites is 2. The molecule has 37 heavy (non-hydrogen) atoms. The number of pyridine rings is 2. The first-order chi connectivity index (χ1) is 17.9. The van der Waals surface area contributed by atoms with E-state index in [0.717, 1.165) is 5.69 Å². The van der Waals surface area contributed by atoms with Crippen molar-refractivity contribution in [3.05, 3.63) is 107 Å². The van der Waals surface area contributed by atoms with E-state index in [2.05, 4.69) is 20.6 Å². The predicted molar refractivity (Wildman–Crippen MR) is 139 cm³/mol. The van der Waals surface area contributed by atoms with E-state index in [9.17, 15) is 14.4 Å². The first-order valence-electron chi connectivity index (χ1n) is 11.1. The summed E-state index contributed by atoms with van der Waals surface area (Å²) in [5.41, 5.74) is 2.40. The SMILES string of the molecule is O=C(Cn1c(OC(=O)Nc2ccc(-n3ccc(=O)cc3)cc2)nc2ccccc21)Nc1ccc(Cl)cn1. The summed E-state index contributed by atoms with van der Waals surface area (Å²) in [6, 6.07) is 20.2. The van der Waals surface area contributed by atoms with Gasteiger partial charge in [-0.3, -0.25) is 19.5 Å². The normalized spacial score (nSPS) is 10.7. The summed E-state index contributed by atoms with van der Waals surface area (Å²) < 4.78 is 8.75. The largest absolute Gasteiger partial charge is 0.419 e. The highest BCUT2D eigenvalue weighted by molar-refractivity contribution is 6.30. The fraction of sp³-hybridized carbons (Fsp3) is 0.0385. The smallest absolute Gasteiger partial charge is 0.375 e. The number of ether oxygens (including phenoxy) is 1. The van der Waals surface area contributed by atoms with Gasteiger partial charge in [-0.05, 0) is 48.5 Å². The number of benzene rings is 2. The van der Waals surface area contributed by atoms with Gasteiger partial charge in [0.25, 0.3) is 0 Å². The summed E-state index contributed by atoms with van der Waals surface area (Å²) in [4.78, 5) is 45.1. The molecule has 0 aliphatic rings. The third-order valence-electron chi connectivity index (χ3n) is 5.31. The van der Waals surface area contributed by atoms with Crippen molar-refractivity contribution >= 4 is 46.1 Å². The van der Waals surface area contributed by atoms with Crippen LogP contribution >= 0.6 is 11.6 Å². The molecule has 2 N–H and O–H groups in total. The van der Waals surface area contributed by atoms with Crippen molar-refractivity contribution in [3.8, 4) is 11.7 Å². The second kappa shape index (κ2) is 10.3. The fourth-order valence-corrected chi connectivity index (χ4v) is 3.70. The summed E-state index contributed by atoms with van der Waals surface area (Å²) in [6.07, 6.45) is 3.97. The standard InChI is InChI=1S/C26H19ClN6O4/c27-17-5-10-23(28-15-17)31-24(35)16-33-22-4-2-1-3-21(22)30-25(33)37-26(36)29-18-6-8-19(9-7-18)32-13-11-20(34)12-14-32/h1-15H,16H2,(H,29,36)(H,28,31,35). The topological polar surface area (TPSA) is 120 Å². The average Bonchev–Trinajstić information content (AvgIpc) is 3.23. The van der Waals surface area contributed by atoms with Crippen molar-refractivity contribution in [2.45, 2.75) is 6.54 Å². The highest BCUT2D eigenvalue weighted by Crippen LogP contribution is 2.22. The third-order valence-corrected chi connectivity index (χ3v) is 5.53. The van der Waals surface area contributed by atoms with Crippen LogP contribution in [-0.2, 0) is 11.3 Å². The van der Waals surface area contributed by atoms with Crippen molar-refractivity contribution < 1.29 is 14.3 Å². The van der Waals surface area contributed by atoms with Crippen molar-refractivity contribution in [2.24, 2.45) is 0 Å². The lowest BCUT2D eigenvalue weighted by Crippen LogP contribution is -2.23. The molecule has 0 radical (unpaired) electrons. The molecule has 3 heterocycles. The van der Waals surface area contributed by atoms with Crippen molar-refractivity contribution in [3.63, 3.8) is 0 Å². The van der Waals surface area contributed by atoms with Gasteiger partial charge in [-0.2, -0.15) is 4.98 Å². The summed E-state index contributed by atoms with van der Waals surface area (Å²) >= 11 is 5.84. The number of amides is 2. The maximum atomic E-state index is 12.7. The molecule has 3 aromatic heterocycles. The van der Waals surface area contributed by atoms with Crippen LogP contribution in [0.5, 0.6) is 6.01 Å². The van der Waals surface area contributed by atoms with E-state index in [4.69, 9.17) is 16.3 Å². The lowest BCUT2D eigenvalue weighted by Gasteiger charge is -2.11. The van der Waals surface area contributed by atoms with Crippen molar-refractivity contribution in [2.75, 3.05) is 10.6 Å². The third kappa shape index (κ3) is 5.65. The van der Waals surface area contributed by atoms with Crippen LogP contribution in [0.15, 0.2) is 96.2 Å². The number of anilines is 2. The number of carbonyl (C=O) groups is 2. The highest BCUT2D eigenvalue weighted by Gasteiger charge is 2.18. The average molecular weight is 515 g/mol. The molecule has 2 amide bonds. The Bertz CT molecular complexity index is 1620. The zero-order chi connectivity index (χ0) is 25.8. The number of nitrogens with one attached hydrogen (secondary N) is 2. The van der Waals surface area contributed by atoms with Gasteiger partial charge in [-0.1, -0.05) is 23.7 Å². The minimum absolute atomic E-state index is 0.0391. The highest BCUT2D eigenvalue weighted by atomic mass is 35.5. The fourth-order valence-electron chi connectivity index (χ4n) is 3.59. The number of rotatable bonds is 6. The molecule has 5 rings (SSSR count). The predicted octanol–water partition coefficient (Wildman–Crippen LogP) is 4.49. The molecule has 5 aromatic rings. The Labute approximate surface area is 215 Å². The Morgan fingerprint density at radius 2 is 1.68 bits per heavy atom. The number of fused-ring (bicyclic) bond motifs is 1. The van der Waals surface area contributed by atoms with Gasteiger partial charge in [-0.25, -0.2) is 9.78 Å². The second-order valence-corrected chi connectivity index (χ2v) is 8.32. The van der Waals surface area contributed by atoms with E-state index < -0.39 is 6.09 Å². The van der Waals surface area contributed by atoms with Crippen molar-refractivity contribution in [1.29, 1.82) is 0 Å². The van der Waals surface area contributed by atoms with Gasteiger partial charge in [0.15, 0.2) is 5.43 Å². The quantitative estimate of drug-likeness (QED) is 0.344. The number of carbonyl (C=O) groups excluding carboxylic acids is 2. The lowest BCUT2D eigenvalue weighted by molar-refractivity contribution is -0.116. The Kier molecular flexibility index (Phi) is 6.64. The lowest BCUT2D eigenvalue weighted by atomic mass is 10.2. The molecule has 10 nitrogen and oxygen atoms in total. The minimum atomic E-state index is -0.771. The van der Waals surface area contributed by atoms with Gasteiger partial charge in [0.2, 0.25) is 5.91 Å². The maximum Gasteiger partial charge on any atom is 0.419 e. The monoisotopic (exact) mass is 514 g/mol. The number of halogens is 1. The van der Waals surface area contributed by atoms with Gasteiger partial charge in [0.05, 0.1) is 16.1 Å². The number of aromatic nitrogens is 4. The van der Waals surface area contributed by atoms with Crippen LogP contribution in [0.25, 0.3) is 16.7 Å². The van der Waals surface area contributed by atoms with E-state index >= 15 is 0 Å². The van der Waals surface area contributed by atoms with E-state index in [0.29, 0.717) is 27.6 Å². The van der Waals surface area contributed by atoms with Crippen LogP contribution in [0.1, 0.15) is 0 Å². The molecule has 0 unspecified atom stereocenters. The van der Waals surface area contributed by atoms with Crippen LogP contribution in [0.3, 0.4) is 0 Å². The van der Waals surface area contributed by atoms with Gasteiger partial charge in [0.1, 0.15) is 12.4 Å². The number of imidazole rings is 1. The summed E-state index contributed by atoms with van der Waals surface area (Å²) in [5, 5.41) is 5.78. The van der Waals surface area contributed by atoms with Crippen LogP contribution in [0.2, 0.25) is 5.02 Å². The molecule has 11 heteroatoms. The van der Waals surface area contributed by atoms with Crippen LogP contribution in [-0.4, -0.2) is 31.1 Å². The van der Waals surface area contributed by atoms with Crippen LogP contribution < -0.4 is 20.8 Å². The second-order valence-electron chi connectivity index (χ2n) is 7.88. The molecule has 0 saturated heterocycles. The van der Waals surface area contributed by atoms with E-state index in [1.54, 1.807) is 77.6 Å². The van der Waals surface area contributed by atoms with Crippen LogP contribution in [0, 0.1) is 0 Å². The molecule has 0 spiro atoms. The van der Waals surface area contributed by atoms with Crippen LogP contribution in [0.4, 0.5) is 16.3 Å².